The molecule has 0 saturated heterocycles. The zero-order valence-electron chi connectivity index (χ0n) is 10.7. The fourth-order valence-corrected chi connectivity index (χ4v) is 2.45. The average molecular weight is 308 g/mol. The molecule has 0 spiro atoms. The van der Waals surface area contributed by atoms with E-state index in [1.54, 1.807) is 0 Å². The van der Waals surface area contributed by atoms with E-state index in [1.807, 2.05) is 13.1 Å². The molecule has 0 bridgehead atoms. The summed E-state index contributed by atoms with van der Waals surface area (Å²) in [4.78, 5) is 0. The summed E-state index contributed by atoms with van der Waals surface area (Å²) in [6, 6.07) is 12.6. The summed E-state index contributed by atoms with van der Waals surface area (Å²) in [6.45, 7) is 2.10. The van der Waals surface area contributed by atoms with Gasteiger partial charge in [-0.05, 0) is 37.2 Å². The van der Waals surface area contributed by atoms with Crippen LogP contribution in [0.3, 0.4) is 0 Å². The average Bonchev–Trinajstić information content (AvgIpc) is 2.86. The Kier molecular flexibility index (Phi) is 4.61. The van der Waals surface area contributed by atoms with Crippen LogP contribution in [0.25, 0.3) is 0 Å². The quantitative estimate of drug-likeness (QED) is 0.899. The molecular weight excluding hydrogens is 290 g/mol. The van der Waals surface area contributed by atoms with Gasteiger partial charge in [0.1, 0.15) is 11.5 Å². The van der Waals surface area contributed by atoms with Gasteiger partial charge in [0.05, 0.1) is 6.04 Å². The van der Waals surface area contributed by atoms with E-state index in [2.05, 4.69) is 58.5 Å². The molecule has 1 aromatic carbocycles. The highest BCUT2D eigenvalue weighted by molar-refractivity contribution is 9.10. The van der Waals surface area contributed by atoms with Gasteiger partial charge in [-0.25, -0.2) is 0 Å². The van der Waals surface area contributed by atoms with Crippen molar-refractivity contribution in [2.24, 2.45) is 0 Å². The van der Waals surface area contributed by atoms with E-state index < -0.39 is 0 Å². The lowest BCUT2D eigenvalue weighted by Gasteiger charge is -2.14. The standard InChI is InChI=1S/C15H18BrNO/c1-3-12-8-9-15(18-12)14(17-2)10-11-6-4-5-7-13(11)16/h4-9,14,17H,3,10H2,1-2H3. The van der Waals surface area contributed by atoms with E-state index in [-0.39, 0.29) is 6.04 Å². The van der Waals surface area contributed by atoms with Crippen molar-refractivity contribution in [2.45, 2.75) is 25.8 Å². The predicted molar refractivity (Wildman–Crippen MR) is 77.7 cm³/mol. The Balaban J connectivity index is 2.17. The van der Waals surface area contributed by atoms with Gasteiger partial charge in [0, 0.05) is 10.9 Å². The molecule has 1 atom stereocenters. The van der Waals surface area contributed by atoms with Crippen LogP contribution in [0.4, 0.5) is 0 Å². The van der Waals surface area contributed by atoms with Crippen molar-refractivity contribution >= 4 is 15.9 Å². The van der Waals surface area contributed by atoms with Gasteiger partial charge in [0.2, 0.25) is 0 Å². The Hall–Kier alpha value is -1.06. The molecule has 2 aromatic rings. The molecule has 0 amide bonds. The minimum atomic E-state index is 0.212. The molecule has 96 valence electrons. The second kappa shape index (κ2) is 6.21. The molecule has 1 unspecified atom stereocenters. The number of rotatable bonds is 5. The maximum absolute atomic E-state index is 5.82. The first-order chi connectivity index (χ1) is 8.74. The van der Waals surface area contributed by atoms with Gasteiger partial charge in [-0.2, -0.15) is 0 Å². The SMILES string of the molecule is CCc1ccc(C(Cc2ccccc2Br)NC)o1. The lowest BCUT2D eigenvalue weighted by molar-refractivity contribution is 0.407. The summed E-state index contributed by atoms with van der Waals surface area (Å²) in [7, 11) is 1.97. The third-order valence-corrected chi connectivity index (χ3v) is 3.88. The smallest absolute Gasteiger partial charge is 0.121 e. The maximum Gasteiger partial charge on any atom is 0.121 e. The fourth-order valence-electron chi connectivity index (χ4n) is 2.00. The normalized spacial score (nSPS) is 12.6. The predicted octanol–water partition coefficient (Wildman–Crippen LogP) is 4.11. The van der Waals surface area contributed by atoms with Crippen LogP contribution < -0.4 is 5.32 Å². The molecule has 0 radical (unpaired) electrons. The summed E-state index contributed by atoms with van der Waals surface area (Å²) < 4.78 is 6.97. The van der Waals surface area contributed by atoms with Crippen LogP contribution in [-0.4, -0.2) is 7.05 Å². The summed E-state index contributed by atoms with van der Waals surface area (Å²) >= 11 is 3.59. The van der Waals surface area contributed by atoms with E-state index in [0.717, 1.165) is 28.8 Å². The van der Waals surface area contributed by atoms with Crippen LogP contribution in [0.5, 0.6) is 0 Å². The number of furan rings is 1. The number of likely N-dealkylation sites (N-methyl/N-ethyl adjacent to an activating group) is 1. The van der Waals surface area contributed by atoms with E-state index >= 15 is 0 Å². The van der Waals surface area contributed by atoms with Crippen molar-refractivity contribution in [3.8, 4) is 0 Å². The van der Waals surface area contributed by atoms with Crippen LogP contribution in [0.1, 0.15) is 30.0 Å². The fraction of sp³-hybridized carbons (Fsp3) is 0.333. The number of benzene rings is 1. The Bertz CT molecular complexity index is 507. The molecule has 0 aliphatic rings. The molecule has 0 aliphatic heterocycles. The van der Waals surface area contributed by atoms with Crippen LogP contribution in [0.2, 0.25) is 0 Å². The van der Waals surface area contributed by atoms with Crippen molar-refractivity contribution in [1.82, 2.24) is 5.32 Å². The third-order valence-electron chi connectivity index (χ3n) is 3.10. The molecule has 2 nitrogen and oxygen atoms in total. The number of aryl methyl sites for hydroxylation is 1. The molecule has 2 rings (SSSR count). The number of nitrogens with one attached hydrogen (secondary N) is 1. The molecule has 0 saturated carbocycles. The lowest BCUT2D eigenvalue weighted by atomic mass is 10.0. The Labute approximate surface area is 117 Å². The molecule has 18 heavy (non-hydrogen) atoms. The summed E-state index contributed by atoms with van der Waals surface area (Å²) in [5.41, 5.74) is 1.28. The number of hydrogen-bond donors (Lipinski definition) is 1. The minimum absolute atomic E-state index is 0.212. The summed E-state index contributed by atoms with van der Waals surface area (Å²) in [6.07, 6.45) is 1.85. The molecular formula is C15H18BrNO. The summed E-state index contributed by atoms with van der Waals surface area (Å²) in [5.74, 6) is 2.04. The number of halogens is 1. The molecule has 1 heterocycles. The van der Waals surface area contributed by atoms with E-state index in [1.165, 1.54) is 5.56 Å². The summed E-state index contributed by atoms with van der Waals surface area (Å²) in [5, 5.41) is 3.32. The molecule has 1 aromatic heterocycles. The second-order valence-corrected chi connectivity index (χ2v) is 5.15. The Morgan fingerprint density at radius 2 is 2.00 bits per heavy atom. The Morgan fingerprint density at radius 3 is 2.61 bits per heavy atom. The van der Waals surface area contributed by atoms with Crippen LogP contribution in [-0.2, 0) is 12.8 Å². The van der Waals surface area contributed by atoms with Crippen molar-refractivity contribution in [3.05, 3.63) is 58.0 Å². The first-order valence-electron chi connectivity index (χ1n) is 6.24. The van der Waals surface area contributed by atoms with Gasteiger partial charge in [-0.3, -0.25) is 0 Å². The monoisotopic (exact) mass is 307 g/mol. The lowest BCUT2D eigenvalue weighted by Crippen LogP contribution is -2.18. The van der Waals surface area contributed by atoms with Gasteiger partial charge >= 0.3 is 0 Å². The molecule has 1 N–H and O–H groups in total. The van der Waals surface area contributed by atoms with Gasteiger partial charge in [-0.1, -0.05) is 41.1 Å². The van der Waals surface area contributed by atoms with Crippen LogP contribution in [0.15, 0.2) is 45.3 Å². The first kappa shape index (κ1) is 13.4. The zero-order valence-corrected chi connectivity index (χ0v) is 12.3. The molecule has 3 heteroatoms. The largest absolute Gasteiger partial charge is 0.464 e. The second-order valence-electron chi connectivity index (χ2n) is 4.29. The van der Waals surface area contributed by atoms with Crippen molar-refractivity contribution in [2.75, 3.05) is 7.05 Å². The zero-order chi connectivity index (χ0) is 13.0. The van der Waals surface area contributed by atoms with Gasteiger partial charge in [0.25, 0.3) is 0 Å². The van der Waals surface area contributed by atoms with Crippen molar-refractivity contribution in [1.29, 1.82) is 0 Å². The highest BCUT2D eigenvalue weighted by atomic mass is 79.9. The minimum Gasteiger partial charge on any atom is -0.464 e. The topological polar surface area (TPSA) is 25.2 Å². The van der Waals surface area contributed by atoms with Gasteiger partial charge in [0.15, 0.2) is 0 Å². The van der Waals surface area contributed by atoms with Gasteiger partial charge in [-0.15, -0.1) is 0 Å². The van der Waals surface area contributed by atoms with Crippen molar-refractivity contribution < 1.29 is 4.42 Å². The highest BCUT2D eigenvalue weighted by Crippen LogP contribution is 2.25. The molecule has 0 fully saturated rings. The third kappa shape index (κ3) is 3.03. The van der Waals surface area contributed by atoms with E-state index in [9.17, 15) is 0 Å². The maximum atomic E-state index is 5.82. The van der Waals surface area contributed by atoms with E-state index in [4.69, 9.17) is 4.42 Å². The van der Waals surface area contributed by atoms with Crippen molar-refractivity contribution in [3.63, 3.8) is 0 Å². The van der Waals surface area contributed by atoms with Crippen LogP contribution in [0, 0.1) is 0 Å². The molecule has 0 aliphatic carbocycles. The number of hydrogen-bond acceptors (Lipinski definition) is 2. The van der Waals surface area contributed by atoms with Gasteiger partial charge < -0.3 is 9.73 Å². The first-order valence-corrected chi connectivity index (χ1v) is 7.03. The van der Waals surface area contributed by atoms with Crippen LogP contribution >= 0.6 is 15.9 Å². The van der Waals surface area contributed by atoms with E-state index in [0.29, 0.717) is 0 Å². The highest BCUT2D eigenvalue weighted by Gasteiger charge is 2.15. The Morgan fingerprint density at radius 1 is 1.22 bits per heavy atom.